The van der Waals surface area contributed by atoms with Crippen molar-refractivity contribution < 1.29 is 4.21 Å². The molecular formula is C17H16N2OS. The number of benzene rings is 2. The molecule has 0 radical (unpaired) electrons. The summed E-state index contributed by atoms with van der Waals surface area (Å²) in [6, 6.07) is 17.8. The van der Waals surface area contributed by atoms with Gasteiger partial charge in [0.25, 0.3) is 0 Å². The van der Waals surface area contributed by atoms with Gasteiger partial charge in [-0.1, -0.05) is 30.3 Å². The maximum absolute atomic E-state index is 12.5. The molecule has 0 aliphatic heterocycles. The van der Waals surface area contributed by atoms with E-state index in [0.717, 1.165) is 26.9 Å². The van der Waals surface area contributed by atoms with Crippen molar-refractivity contribution >= 4 is 21.6 Å². The van der Waals surface area contributed by atoms with Gasteiger partial charge < -0.3 is 5.73 Å². The van der Waals surface area contributed by atoms with Gasteiger partial charge in [-0.3, -0.25) is 9.19 Å². The largest absolute Gasteiger partial charge is 0.325 e. The van der Waals surface area contributed by atoms with Gasteiger partial charge in [0.1, 0.15) is 0 Å². The Kier molecular flexibility index (Phi) is 4.08. The molecule has 0 saturated heterocycles. The van der Waals surface area contributed by atoms with Crippen molar-refractivity contribution in [3.8, 4) is 0 Å². The van der Waals surface area contributed by atoms with Crippen LogP contribution < -0.4 is 5.73 Å². The van der Waals surface area contributed by atoms with E-state index in [1.165, 1.54) is 0 Å². The number of nitrogens with two attached hydrogens (primary N) is 1. The SMILES string of the molecule is NCc1cc(CS(=O)c2ccc3ccccc3c2)ccn1. The van der Waals surface area contributed by atoms with Crippen molar-refractivity contribution in [2.24, 2.45) is 5.73 Å². The van der Waals surface area contributed by atoms with E-state index >= 15 is 0 Å². The lowest BCUT2D eigenvalue weighted by molar-refractivity contribution is 0.682. The molecule has 2 N–H and O–H groups in total. The fraction of sp³-hybridized carbons (Fsp3) is 0.118. The number of nitrogens with zero attached hydrogens (tertiary/aromatic N) is 1. The van der Waals surface area contributed by atoms with Crippen LogP contribution in [0.25, 0.3) is 10.8 Å². The molecule has 21 heavy (non-hydrogen) atoms. The lowest BCUT2D eigenvalue weighted by Crippen LogP contribution is -2.02. The van der Waals surface area contributed by atoms with Crippen LogP contribution in [0.4, 0.5) is 0 Å². The molecule has 1 unspecified atom stereocenters. The van der Waals surface area contributed by atoms with Crippen LogP contribution in [0, 0.1) is 0 Å². The third kappa shape index (κ3) is 3.17. The summed E-state index contributed by atoms with van der Waals surface area (Å²) in [7, 11) is -1.07. The molecule has 106 valence electrons. The minimum atomic E-state index is -1.07. The fourth-order valence-electron chi connectivity index (χ4n) is 2.27. The Morgan fingerprint density at radius 1 is 1.00 bits per heavy atom. The molecule has 3 nitrogen and oxygen atoms in total. The molecule has 3 rings (SSSR count). The first-order valence-corrected chi connectivity index (χ1v) is 8.09. The van der Waals surface area contributed by atoms with Crippen molar-refractivity contribution in [2.45, 2.75) is 17.2 Å². The van der Waals surface area contributed by atoms with Crippen LogP contribution in [-0.4, -0.2) is 9.19 Å². The Bertz CT molecular complexity index is 801. The van der Waals surface area contributed by atoms with Crippen molar-refractivity contribution in [2.75, 3.05) is 0 Å². The van der Waals surface area contributed by atoms with E-state index in [1.54, 1.807) is 6.20 Å². The van der Waals surface area contributed by atoms with E-state index in [2.05, 4.69) is 11.1 Å². The van der Waals surface area contributed by atoms with Crippen LogP contribution in [0.5, 0.6) is 0 Å². The lowest BCUT2D eigenvalue weighted by Gasteiger charge is -2.05. The summed E-state index contributed by atoms with van der Waals surface area (Å²) >= 11 is 0. The number of hydrogen-bond donors (Lipinski definition) is 1. The highest BCUT2D eigenvalue weighted by Crippen LogP contribution is 2.19. The second-order valence-electron chi connectivity index (χ2n) is 4.86. The summed E-state index contributed by atoms with van der Waals surface area (Å²) < 4.78 is 12.5. The van der Waals surface area contributed by atoms with Crippen LogP contribution in [0.2, 0.25) is 0 Å². The Labute approximate surface area is 126 Å². The third-order valence-corrected chi connectivity index (χ3v) is 4.75. The molecule has 1 heterocycles. The zero-order valence-electron chi connectivity index (χ0n) is 11.5. The van der Waals surface area contributed by atoms with Gasteiger partial charge >= 0.3 is 0 Å². The van der Waals surface area contributed by atoms with Crippen molar-refractivity contribution in [1.82, 2.24) is 4.98 Å². The molecule has 2 aromatic carbocycles. The number of hydrogen-bond acceptors (Lipinski definition) is 3. The topological polar surface area (TPSA) is 56.0 Å². The van der Waals surface area contributed by atoms with Gasteiger partial charge in [0.15, 0.2) is 0 Å². The maximum Gasteiger partial charge on any atom is 0.0574 e. The van der Waals surface area contributed by atoms with E-state index in [-0.39, 0.29) is 0 Å². The Morgan fingerprint density at radius 2 is 1.81 bits per heavy atom. The summed E-state index contributed by atoms with van der Waals surface area (Å²) in [4.78, 5) is 5.00. The molecule has 0 spiro atoms. The van der Waals surface area contributed by atoms with Gasteiger partial charge in [0.05, 0.1) is 22.2 Å². The first-order valence-electron chi connectivity index (χ1n) is 6.77. The minimum Gasteiger partial charge on any atom is -0.325 e. The zero-order valence-corrected chi connectivity index (χ0v) is 12.3. The molecule has 0 aliphatic carbocycles. The summed E-state index contributed by atoms with van der Waals surface area (Å²) in [5, 5.41) is 2.27. The molecule has 3 aromatic rings. The van der Waals surface area contributed by atoms with Crippen molar-refractivity contribution in [3.05, 3.63) is 72.1 Å². The molecule has 4 heteroatoms. The molecule has 0 saturated carbocycles. The van der Waals surface area contributed by atoms with Crippen LogP contribution in [0.3, 0.4) is 0 Å². The van der Waals surface area contributed by atoms with E-state index in [9.17, 15) is 4.21 Å². The van der Waals surface area contributed by atoms with E-state index < -0.39 is 10.8 Å². The van der Waals surface area contributed by atoms with Crippen molar-refractivity contribution in [1.29, 1.82) is 0 Å². The Balaban J connectivity index is 1.86. The van der Waals surface area contributed by atoms with E-state index in [0.29, 0.717) is 12.3 Å². The standard InChI is InChI=1S/C17H16N2OS/c18-11-16-9-13(7-8-19-16)12-21(20)17-6-5-14-3-1-2-4-15(14)10-17/h1-10H,11-12,18H2. The number of rotatable bonds is 4. The highest BCUT2D eigenvalue weighted by Gasteiger charge is 2.07. The first-order chi connectivity index (χ1) is 10.3. The van der Waals surface area contributed by atoms with Gasteiger partial charge in [-0.25, -0.2) is 0 Å². The average molecular weight is 296 g/mol. The zero-order chi connectivity index (χ0) is 14.7. The summed E-state index contributed by atoms with van der Waals surface area (Å²) in [5.41, 5.74) is 7.40. The summed E-state index contributed by atoms with van der Waals surface area (Å²) in [5.74, 6) is 0.480. The average Bonchev–Trinajstić information content (AvgIpc) is 2.54. The first kappa shape index (κ1) is 13.9. The van der Waals surface area contributed by atoms with Crippen LogP contribution >= 0.6 is 0 Å². The van der Waals surface area contributed by atoms with E-state index in [4.69, 9.17) is 5.73 Å². The number of pyridine rings is 1. The van der Waals surface area contributed by atoms with Crippen molar-refractivity contribution in [3.63, 3.8) is 0 Å². The molecular weight excluding hydrogens is 280 g/mol. The highest BCUT2D eigenvalue weighted by atomic mass is 32.2. The van der Waals surface area contributed by atoms with Gasteiger partial charge in [-0.05, 0) is 40.6 Å². The van der Waals surface area contributed by atoms with Crippen LogP contribution in [0.1, 0.15) is 11.3 Å². The lowest BCUT2D eigenvalue weighted by atomic mass is 10.1. The van der Waals surface area contributed by atoms with Crippen LogP contribution in [0.15, 0.2) is 65.7 Å². The number of aromatic nitrogens is 1. The maximum atomic E-state index is 12.5. The molecule has 1 atom stereocenters. The predicted octanol–water partition coefficient (Wildman–Crippen LogP) is 3.00. The third-order valence-electron chi connectivity index (χ3n) is 3.37. The smallest absolute Gasteiger partial charge is 0.0574 e. The predicted molar refractivity (Wildman–Crippen MR) is 86.2 cm³/mol. The van der Waals surface area contributed by atoms with Gasteiger partial charge in [0.2, 0.25) is 0 Å². The molecule has 0 fully saturated rings. The Morgan fingerprint density at radius 3 is 2.62 bits per heavy atom. The Hall–Kier alpha value is -2.04. The molecule has 0 amide bonds. The second kappa shape index (κ2) is 6.16. The summed E-state index contributed by atoms with van der Waals surface area (Å²) in [6.45, 7) is 0.399. The monoisotopic (exact) mass is 296 g/mol. The summed E-state index contributed by atoms with van der Waals surface area (Å²) in [6.07, 6.45) is 1.72. The van der Waals surface area contributed by atoms with Gasteiger partial charge in [-0.15, -0.1) is 0 Å². The molecule has 0 aliphatic rings. The fourth-order valence-corrected chi connectivity index (χ4v) is 3.40. The molecule has 1 aromatic heterocycles. The second-order valence-corrected chi connectivity index (χ2v) is 6.31. The highest BCUT2D eigenvalue weighted by molar-refractivity contribution is 7.84. The van der Waals surface area contributed by atoms with Crippen LogP contribution in [-0.2, 0) is 23.1 Å². The normalized spacial score (nSPS) is 12.4. The van der Waals surface area contributed by atoms with Gasteiger partial charge in [0, 0.05) is 17.6 Å². The van der Waals surface area contributed by atoms with E-state index in [1.807, 2.05) is 48.5 Å². The molecule has 0 bridgehead atoms. The van der Waals surface area contributed by atoms with Gasteiger partial charge in [-0.2, -0.15) is 0 Å². The number of fused-ring (bicyclic) bond motifs is 1. The minimum absolute atomic E-state index is 0.399. The quantitative estimate of drug-likeness (QED) is 0.805.